The number of fused-ring (bicyclic) bond motifs is 1. The van der Waals surface area contributed by atoms with E-state index < -0.39 is 0 Å². The Kier molecular flexibility index (Phi) is 4.65. The number of aryl methyl sites for hydroxylation is 1. The summed E-state index contributed by atoms with van der Waals surface area (Å²) in [5, 5.41) is 6.04. The molecule has 1 fully saturated rings. The Labute approximate surface area is 157 Å². The molecular weight excluding hydrogens is 352 g/mol. The number of piperazine rings is 1. The molecule has 0 atom stereocenters. The van der Waals surface area contributed by atoms with Gasteiger partial charge in [-0.05, 0) is 18.2 Å². The lowest BCUT2D eigenvalue weighted by Crippen LogP contribution is -2.46. The van der Waals surface area contributed by atoms with Crippen LogP contribution in [0.15, 0.2) is 30.7 Å². The minimum absolute atomic E-state index is 0.736. The molecule has 1 aromatic carbocycles. The van der Waals surface area contributed by atoms with Crippen LogP contribution in [0, 0.1) is 0 Å². The number of rotatable bonds is 4. The molecule has 0 bridgehead atoms. The van der Waals surface area contributed by atoms with Crippen molar-refractivity contribution in [1.82, 2.24) is 24.6 Å². The maximum Gasteiger partial charge on any atom is 0.163 e. The lowest BCUT2D eigenvalue weighted by Gasteiger charge is -2.35. The van der Waals surface area contributed by atoms with Gasteiger partial charge in [0.1, 0.15) is 17.9 Å². The zero-order valence-electron chi connectivity index (χ0n) is 14.9. The molecule has 4 rings (SSSR count). The van der Waals surface area contributed by atoms with Crippen LogP contribution in [0.2, 0.25) is 5.02 Å². The van der Waals surface area contributed by atoms with Crippen molar-refractivity contribution in [3.63, 3.8) is 0 Å². The molecule has 26 heavy (non-hydrogen) atoms. The van der Waals surface area contributed by atoms with Crippen molar-refractivity contribution in [2.24, 2.45) is 7.05 Å². The second-order valence-corrected chi connectivity index (χ2v) is 6.86. The van der Waals surface area contributed by atoms with Gasteiger partial charge in [0.25, 0.3) is 0 Å². The average molecular weight is 373 g/mol. The fourth-order valence-corrected chi connectivity index (χ4v) is 3.63. The predicted octanol–water partition coefficient (Wildman–Crippen LogP) is 2.35. The minimum atomic E-state index is 0.736. The van der Waals surface area contributed by atoms with Gasteiger partial charge in [0, 0.05) is 50.4 Å². The quantitative estimate of drug-likeness (QED) is 0.700. The Morgan fingerprint density at radius 3 is 2.73 bits per heavy atom. The number of aromatic nitrogens is 4. The van der Waals surface area contributed by atoms with Crippen molar-refractivity contribution in [3.8, 4) is 5.75 Å². The van der Waals surface area contributed by atoms with Gasteiger partial charge >= 0.3 is 0 Å². The standard InChI is InChI=1S/C18H21ClN6O/c1-23-17-15(10-22-23)18(21-12-20-17)25-7-5-24(6-8-25)11-13-9-14(19)3-4-16(13)26-2/h3-4,9-10,12H,5-8,11H2,1-2H3. The van der Waals surface area contributed by atoms with E-state index in [2.05, 4.69) is 24.9 Å². The number of anilines is 1. The van der Waals surface area contributed by atoms with Crippen LogP contribution < -0.4 is 9.64 Å². The van der Waals surface area contributed by atoms with Crippen LogP contribution in [0.4, 0.5) is 5.82 Å². The number of halogens is 1. The molecular formula is C18H21ClN6O. The van der Waals surface area contributed by atoms with E-state index in [1.807, 2.05) is 31.4 Å². The van der Waals surface area contributed by atoms with Gasteiger partial charge in [0.05, 0.1) is 18.7 Å². The van der Waals surface area contributed by atoms with Gasteiger partial charge in [-0.3, -0.25) is 9.58 Å². The first-order valence-corrected chi connectivity index (χ1v) is 8.96. The summed E-state index contributed by atoms with van der Waals surface area (Å²) in [5.41, 5.74) is 1.98. The lowest BCUT2D eigenvalue weighted by molar-refractivity contribution is 0.246. The highest BCUT2D eigenvalue weighted by Crippen LogP contribution is 2.26. The summed E-state index contributed by atoms with van der Waals surface area (Å²) >= 11 is 6.15. The highest BCUT2D eigenvalue weighted by atomic mass is 35.5. The number of hydrogen-bond donors (Lipinski definition) is 0. The molecule has 0 radical (unpaired) electrons. The summed E-state index contributed by atoms with van der Waals surface area (Å²) in [6.45, 7) is 4.53. The van der Waals surface area contributed by atoms with E-state index in [1.54, 1.807) is 18.1 Å². The molecule has 8 heteroatoms. The van der Waals surface area contributed by atoms with Crippen LogP contribution in [0.3, 0.4) is 0 Å². The second kappa shape index (κ2) is 7.09. The third-order valence-corrected chi connectivity index (χ3v) is 5.05. The van der Waals surface area contributed by atoms with Crippen LogP contribution in [0.25, 0.3) is 11.0 Å². The van der Waals surface area contributed by atoms with Crippen LogP contribution in [0.1, 0.15) is 5.56 Å². The number of ether oxygens (including phenoxy) is 1. The average Bonchev–Trinajstić information content (AvgIpc) is 3.04. The van der Waals surface area contributed by atoms with Crippen LogP contribution in [0.5, 0.6) is 5.75 Å². The summed E-state index contributed by atoms with van der Waals surface area (Å²) in [7, 11) is 3.59. The molecule has 0 amide bonds. The van der Waals surface area contributed by atoms with Crippen molar-refractivity contribution in [1.29, 1.82) is 0 Å². The van der Waals surface area contributed by atoms with E-state index in [-0.39, 0.29) is 0 Å². The smallest absolute Gasteiger partial charge is 0.163 e. The van der Waals surface area contributed by atoms with Gasteiger partial charge in [-0.2, -0.15) is 5.10 Å². The maximum absolute atomic E-state index is 6.15. The van der Waals surface area contributed by atoms with Crippen molar-refractivity contribution in [2.75, 3.05) is 38.2 Å². The summed E-state index contributed by atoms with van der Waals surface area (Å²) in [6.07, 6.45) is 3.45. The Bertz CT molecular complexity index is 919. The first kappa shape index (κ1) is 17.1. The largest absolute Gasteiger partial charge is 0.496 e. The lowest BCUT2D eigenvalue weighted by atomic mass is 10.1. The van der Waals surface area contributed by atoms with Crippen molar-refractivity contribution in [2.45, 2.75) is 6.54 Å². The topological polar surface area (TPSA) is 59.3 Å². The highest BCUT2D eigenvalue weighted by Gasteiger charge is 2.21. The molecule has 0 unspecified atom stereocenters. The molecule has 0 aliphatic carbocycles. The van der Waals surface area contributed by atoms with Gasteiger partial charge in [-0.25, -0.2) is 9.97 Å². The van der Waals surface area contributed by atoms with Crippen LogP contribution in [-0.4, -0.2) is 57.9 Å². The molecule has 1 aliphatic rings. The molecule has 3 aromatic rings. The monoisotopic (exact) mass is 372 g/mol. The van der Waals surface area contributed by atoms with Crippen LogP contribution >= 0.6 is 11.6 Å². The second-order valence-electron chi connectivity index (χ2n) is 6.42. The van der Waals surface area contributed by atoms with Crippen LogP contribution in [-0.2, 0) is 13.6 Å². The Balaban J connectivity index is 1.47. The van der Waals surface area contributed by atoms with Gasteiger partial charge in [0.15, 0.2) is 5.65 Å². The van der Waals surface area contributed by atoms with E-state index in [4.69, 9.17) is 16.3 Å². The zero-order valence-corrected chi connectivity index (χ0v) is 15.6. The first-order valence-electron chi connectivity index (χ1n) is 8.58. The van der Waals surface area contributed by atoms with E-state index >= 15 is 0 Å². The Morgan fingerprint density at radius 1 is 1.15 bits per heavy atom. The minimum Gasteiger partial charge on any atom is -0.496 e. The highest BCUT2D eigenvalue weighted by molar-refractivity contribution is 6.30. The SMILES string of the molecule is COc1ccc(Cl)cc1CN1CCN(c2ncnc3c2cnn3C)CC1. The third-order valence-electron chi connectivity index (χ3n) is 4.82. The molecule has 0 spiro atoms. The molecule has 0 N–H and O–H groups in total. The van der Waals surface area contributed by atoms with E-state index in [0.29, 0.717) is 0 Å². The van der Waals surface area contributed by atoms with E-state index in [1.165, 1.54) is 0 Å². The molecule has 1 saturated heterocycles. The van der Waals surface area contributed by atoms with Gasteiger partial charge < -0.3 is 9.64 Å². The van der Waals surface area contributed by atoms with Gasteiger partial charge in [0.2, 0.25) is 0 Å². The Hall–Kier alpha value is -2.38. The number of hydrogen-bond acceptors (Lipinski definition) is 6. The zero-order chi connectivity index (χ0) is 18.1. The summed E-state index contributed by atoms with van der Waals surface area (Å²) < 4.78 is 7.24. The summed E-state index contributed by atoms with van der Waals surface area (Å²) in [6, 6.07) is 5.76. The third kappa shape index (κ3) is 3.20. The van der Waals surface area contributed by atoms with Crippen molar-refractivity contribution >= 4 is 28.5 Å². The predicted molar refractivity (Wildman–Crippen MR) is 102 cm³/mol. The normalized spacial score (nSPS) is 15.6. The van der Waals surface area contributed by atoms with Crippen molar-refractivity contribution < 1.29 is 4.74 Å². The molecule has 136 valence electrons. The molecule has 7 nitrogen and oxygen atoms in total. The number of methoxy groups -OCH3 is 1. The van der Waals surface area contributed by atoms with Gasteiger partial charge in [-0.1, -0.05) is 11.6 Å². The number of benzene rings is 1. The molecule has 2 aromatic heterocycles. The Morgan fingerprint density at radius 2 is 1.96 bits per heavy atom. The maximum atomic E-state index is 6.15. The fourth-order valence-electron chi connectivity index (χ4n) is 3.43. The first-order chi connectivity index (χ1) is 12.7. The van der Waals surface area contributed by atoms with Crippen molar-refractivity contribution in [3.05, 3.63) is 41.3 Å². The molecule has 3 heterocycles. The van der Waals surface area contributed by atoms with E-state index in [9.17, 15) is 0 Å². The number of nitrogens with zero attached hydrogens (tertiary/aromatic N) is 6. The summed E-state index contributed by atoms with van der Waals surface area (Å²) in [4.78, 5) is 13.5. The molecule has 0 saturated carbocycles. The molecule has 1 aliphatic heterocycles. The van der Waals surface area contributed by atoms with Gasteiger partial charge in [-0.15, -0.1) is 0 Å². The summed E-state index contributed by atoms with van der Waals surface area (Å²) in [5.74, 6) is 1.84. The van der Waals surface area contributed by atoms with E-state index in [0.717, 1.165) is 65.9 Å². The fraction of sp³-hybridized carbons (Fsp3) is 0.389.